The van der Waals surface area contributed by atoms with Gasteiger partial charge in [0.2, 0.25) is 0 Å². The Balaban J connectivity index is 1.47. The van der Waals surface area contributed by atoms with Gasteiger partial charge in [-0.2, -0.15) is 5.10 Å². The number of piperidine rings is 1. The summed E-state index contributed by atoms with van der Waals surface area (Å²) in [6.45, 7) is 2.87. The summed E-state index contributed by atoms with van der Waals surface area (Å²) in [5.41, 5.74) is 0.614. The third kappa shape index (κ3) is 4.35. The molecule has 0 radical (unpaired) electrons. The van der Waals surface area contributed by atoms with Crippen LogP contribution in [0, 0.1) is 0 Å². The molecule has 1 fully saturated rings. The molecule has 1 aliphatic rings. The second kappa shape index (κ2) is 7.79. The summed E-state index contributed by atoms with van der Waals surface area (Å²) >= 11 is 5.85. The summed E-state index contributed by atoms with van der Waals surface area (Å²) in [5.74, 6) is -0.140. The van der Waals surface area contributed by atoms with E-state index in [4.69, 9.17) is 11.6 Å². The van der Waals surface area contributed by atoms with Crippen LogP contribution in [0.5, 0.6) is 0 Å². The van der Waals surface area contributed by atoms with Crippen molar-refractivity contribution in [3.05, 3.63) is 53.3 Å². The molecule has 128 valence electrons. The minimum absolute atomic E-state index is 0.140. The van der Waals surface area contributed by atoms with E-state index in [9.17, 15) is 9.90 Å². The van der Waals surface area contributed by atoms with Crippen LogP contribution >= 0.6 is 11.6 Å². The number of aliphatic hydroxyl groups is 1. The lowest BCUT2D eigenvalue weighted by Gasteiger charge is -2.36. The van der Waals surface area contributed by atoms with Crippen molar-refractivity contribution in [3.8, 4) is 0 Å². The average molecular weight is 349 g/mol. The molecule has 2 atom stereocenters. The monoisotopic (exact) mass is 348 g/mol. The highest BCUT2D eigenvalue weighted by Crippen LogP contribution is 2.13. The molecule has 2 heterocycles. The summed E-state index contributed by atoms with van der Waals surface area (Å²) in [4.78, 5) is 14.4. The number of carbonyl (C=O) groups excluding carboxylic acids is 1. The molecule has 2 aromatic rings. The molecule has 1 aromatic carbocycles. The number of likely N-dealkylation sites (tertiary alicyclic amines) is 1. The van der Waals surface area contributed by atoms with E-state index in [0.29, 0.717) is 17.1 Å². The lowest BCUT2D eigenvalue weighted by Crippen LogP contribution is -2.54. The third-order valence-electron chi connectivity index (χ3n) is 4.27. The SMILES string of the molecule is O=C(N[C@@H]1CCN(CCn2cc(Cl)cn2)C[C@H]1O)c1ccccc1. The second-order valence-corrected chi connectivity index (χ2v) is 6.46. The van der Waals surface area contributed by atoms with Crippen molar-refractivity contribution in [2.75, 3.05) is 19.6 Å². The minimum Gasteiger partial charge on any atom is -0.390 e. The van der Waals surface area contributed by atoms with E-state index >= 15 is 0 Å². The van der Waals surface area contributed by atoms with Gasteiger partial charge < -0.3 is 10.4 Å². The van der Waals surface area contributed by atoms with Crippen LogP contribution in [0.3, 0.4) is 0 Å². The fraction of sp³-hybridized carbons (Fsp3) is 0.412. The van der Waals surface area contributed by atoms with Crippen molar-refractivity contribution in [1.29, 1.82) is 0 Å². The number of amides is 1. The topological polar surface area (TPSA) is 70.4 Å². The number of β-amino-alcohol motifs (C(OH)–C–C–N with tert-alkyl or cyclic N) is 1. The molecule has 0 spiro atoms. The number of benzene rings is 1. The summed E-state index contributed by atoms with van der Waals surface area (Å²) in [7, 11) is 0. The van der Waals surface area contributed by atoms with Gasteiger partial charge in [-0.1, -0.05) is 29.8 Å². The molecule has 2 N–H and O–H groups in total. The van der Waals surface area contributed by atoms with Crippen LogP contribution in [0.15, 0.2) is 42.7 Å². The highest BCUT2D eigenvalue weighted by molar-refractivity contribution is 6.30. The highest BCUT2D eigenvalue weighted by atomic mass is 35.5. The first-order valence-corrected chi connectivity index (χ1v) is 8.44. The van der Waals surface area contributed by atoms with Crippen LogP contribution in [0.25, 0.3) is 0 Å². The van der Waals surface area contributed by atoms with Crippen LogP contribution in [0.4, 0.5) is 0 Å². The van der Waals surface area contributed by atoms with Crippen LogP contribution in [0.2, 0.25) is 5.02 Å². The van der Waals surface area contributed by atoms with Gasteiger partial charge in [0.05, 0.1) is 29.9 Å². The fourth-order valence-corrected chi connectivity index (χ4v) is 3.07. The second-order valence-electron chi connectivity index (χ2n) is 6.02. The Morgan fingerprint density at radius 3 is 2.79 bits per heavy atom. The van der Waals surface area contributed by atoms with Gasteiger partial charge in [-0.3, -0.25) is 14.4 Å². The molecule has 6 nitrogen and oxygen atoms in total. The van der Waals surface area contributed by atoms with Crippen molar-refractivity contribution < 1.29 is 9.90 Å². The Labute approximate surface area is 146 Å². The van der Waals surface area contributed by atoms with Gasteiger partial charge >= 0.3 is 0 Å². The van der Waals surface area contributed by atoms with E-state index in [2.05, 4.69) is 15.3 Å². The van der Waals surface area contributed by atoms with E-state index in [0.717, 1.165) is 26.1 Å². The van der Waals surface area contributed by atoms with E-state index < -0.39 is 6.10 Å². The van der Waals surface area contributed by atoms with Gasteiger partial charge in [0, 0.05) is 31.4 Å². The highest BCUT2D eigenvalue weighted by Gasteiger charge is 2.28. The summed E-state index contributed by atoms with van der Waals surface area (Å²) in [5, 5.41) is 18.0. The number of hydrogen-bond donors (Lipinski definition) is 2. The minimum atomic E-state index is -0.576. The van der Waals surface area contributed by atoms with E-state index in [1.54, 1.807) is 29.2 Å². The molecule has 1 saturated heterocycles. The van der Waals surface area contributed by atoms with Gasteiger partial charge in [0.1, 0.15) is 0 Å². The van der Waals surface area contributed by atoms with Gasteiger partial charge in [-0.05, 0) is 18.6 Å². The van der Waals surface area contributed by atoms with Gasteiger partial charge in [0.15, 0.2) is 0 Å². The number of carbonyl (C=O) groups is 1. The molecular formula is C17H21ClN4O2. The summed E-state index contributed by atoms with van der Waals surface area (Å²) < 4.78 is 1.79. The molecular weight excluding hydrogens is 328 g/mol. The molecule has 1 aromatic heterocycles. The molecule has 24 heavy (non-hydrogen) atoms. The normalized spacial score (nSPS) is 21.6. The number of aliphatic hydroxyl groups excluding tert-OH is 1. The molecule has 1 aliphatic heterocycles. The Kier molecular flexibility index (Phi) is 5.50. The molecule has 0 unspecified atom stereocenters. The van der Waals surface area contributed by atoms with Crippen LogP contribution < -0.4 is 5.32 Å². The van der Waals surface area contributed by atoms with Crippen molar-refractivity contribution in [2.24, 2.45) is 0 Å². The standard InChI is InChI=1S/C17H21ClN4O2/c18-14-10-19-22(11-14)9-8-21-7-6-15(16(23)12-21)20-17(24)13-4-2-1-3-5-13/h1-5,10-11,15-16,23H,6-9,12H2,(H,20,24)/t15-,16-/m1/s1. The van der Waals surface area contributed by atoms with Crippen LogP contribution in [0.1, 0.15) is 16.8 Å². The Bertz CT molecular complexity index is 676. The first kappa shape index (κ1) is 17.0. The number of halogens is 1. The molecule has 0 bridgehead atoms. The van der Waals surface area contributed by atoms with Crippen molar-refractivity contribution in [2.45, 2.75) is 25.1 Å². The Morgan fingerprint density at radius 2 is 2.12 bits per heavy atom. The lowest BCUT2D eigenvalue weighted by atomic mass is 10.0. The number of rotatable bonds is 5. The number of nitrogens with one attached hydrogen (secondary N) is 1. The predicted molar refractivity (Wildman–Crippen MR) is 92.0 cm³/mol. The van der Waals surface area contributed by atoms with Gasteiger partial charge in [0.25, 0.3) is 5.91 Å². The molecule has 7 heteroatoms. The zero-order valence-corrected chi connectivity index (χ0v) is 14.1. The molecule has 0 aliphatic carbocycles. The maximum atomic E-state index is 12.2. The quantitative estimate of drug-likeness (QED) is 0.857. The van der Waals surface area contributed by atoms with Crippen molar-refractivity contribution >= 4 is 17.5 Å². The first-order chi connectivity index (χ1) is 11.6. The average Bonchev–Trinajstić information content (AvgIpc) is 3.01. The fourth-order valence-electron chi connectivity index (χ4n) is 2.91. The van der Waals surface area contributed by atoms with E-state index in [1.165, 1.54) is 0 Å². The van der Waals surface area contributed by atoms with Crippen molar-refractivity contribution in [3.63, 3.8) is 0 Å². The molecule has 1 amide bonds. The Morgan fingerprint density at radius 1 is 1.33 bits per heavy atom. The van der Waals surface area contributed by atoms with E-state index in [1.807, 2.05) is 18.2 Å². The Hall–Kier alpha value is -1.89. The maximum Gasteiger partial charge on any atom is 0.251 e. The zero-order chi connectivity index (χ0) is 16.9. The first-order valence-electron chi connectivity index (χ1n) is 8.06. The van der Waals surface area contributed by atoms with Crippen LogP contribution in [-0.4, -0.2) is 57.5 Å². The van der Waals surface area contributed by atoms with Crippen molar-refractivity contribution in [1.82, 2.24) is 20.0 Å². The van der Waals surface area contributed by atoms with Crippen LogP contribution in [-0.2, 0) is 6.54 Å². The van der Waals surface area contributed by atoms with Gasteiger partial charge in [-0.15, -0.1) is 0 Å². The molecule has 3 rings (SSSR count). The zero-order valence-electron chi connectivity index (χ0n) is 13.3. The number of aromatic nitrogens is 2. The smallest absolute Gasteiger partial charge is 0.251 e. The van der Waals surface area contributed by atoms with Gasteiger partial charge in [-0.25, -0.2) is 0 Å². The predicted octanol–water partition coefficient (Wildman–Crippen LogP) is 1.40. The van der Waals surface area contributed by atoms with E-state index in [-0.39, 0.29) is 11.9 Å². The summed E-state index contributed by atoms with van der Waals surface area (Å²) in [6.07, 6.45) is 3.54. The lowest BCUT2D eigenvalue weighted by molar-refractivity contribution is 0.0364. The number of hydrogen-bond acceptors (Lipinski definition) is 4. The largest absolute Gasteiger partial charge is 0.390 e. The maximum absolute atomic E-state index is 12.2. The molecule has 0 saturated carbocycles. The summed E-state index contributed by atoms with van der Waals surface area (Å²) in [6, 6.07) is 8.85. The number of nitrogens with zero attached hydrogens (tertiary/aromatic N) is 3. The third-order valence-corrected chi connectivity index (χ3v) is 4.46.